The van der Waals surface area contributed by atoms with Gasteiger partial charge in [0.15, 0.2) is 6.61 Å². The number of guanidine groups is 1. The molecule has 0 bridgehead atoms. The van der Waals surface area contributed by atoms with Crippen molar-refractivity contribution in [2.45, 2.75) is 43.8 Å². The number of nitriles is 1. The lowest BCUT2D eigenvalue weighted by Crippen LogP contribution is -2.55. The van der Waals surface area contributed by atoms with E-state index in [1.54, 1.807) is 41.3 Å². The summed E-state index contributed by atoms with van der Waals surface area (Å²) in [6, 6.07) is 13.5. The average Bonchev–Trinajstić information content (AvgIpc) is 3.87. The van der Waals surface area contributed by atoms with Gasteiger partial charge in [0, 0.05) is 55.5 Å². The topological polar surface area (TPSA) is 135 Å². The Balaban J connectivity index is 1.11. The van der Waals surface area contributed by atoms with Gasteiger partial charge in [0.1, 0.15) is 0 Å². The predicted molar refractivity (Wildman–Crippen MR) is 173 cm³/mol. The molecule has 2 saturated heterocycles. The second kappa shape index (κ2) is 14.1. The van der Waals surface area contributed by atoms with Gasteiger partial charge in [-0.15, -0.1) is 4.99 Å². The first-order valence-electron chi connectivity index (χ1n) is 15.7. The molecule has 2 N–H and O–H groups in total. The molecular formula is C32H34ClF3N10O2. The van der Waals surface area contributed by atoms with Gasteiger partial charge in [0.05, 0.1) is 5.54 Å². The van der Waals surface area contributed by atoms with Crippen LogP contribution in [0.25, 0.3) is 0 Å². The third-order valence-electron chi connectivity index (χ3n) is 8.50. The van der Waals surface area contributed by atoms with Gasteiger partial charge in [-0.05, 0) is 74.1 Å². The molecule has 2 aliphatic heterocycles. The Morgan fingerprint density at radius 3 is 2.15 bits per heavy atom. The number of aromatic nitrogens is 3. The maximum atomic E-state index is 13.3. The van der Waals surface area contributed by atoms with Crippen LogP contribution in [0.1, 0.15) is 48.0 Å². The van der Waals surface area contributed by atoms with Gasteiger partial charge in [-0.2, -0.15) is 33.4 Å². The molecule has 3 fully saturated rings. The van der Waals surface area contributed by atoms with E-state index in [1.807, 2.05) is 18.3 Å². The van der Waals surface area contributed by atoms with Gasteiger partial charge in [-0.25, -0.2) is 0 Å². The zero-order valence-electron chi connectivity index (χ0n) is 26.0. The molecule has 3 aliphatic rings. The number of piperidine rings is 1. The highest BCUT2D eigenvalue weighted by atomic mass is 35.5. The Bertz CT molecular complexity index is 1660. The summed E-state index contributed by atoms with van der Waals surface area (Å²) in [6.45, 7) is 2.27. The smallest absolute Gasteiger partial charge is 0.422 e. The molecule has 48 heavy (non-hydrogen) atoms. The predicted octanol–water partition coefficient (Wildman–Crippen LogP) is 5.39. The van der Waals surface area contributed by atoms with Crippen LogP contribution >= 0.6 is 11.6 Å². The molecule has 12 nitrogen and oxygen atoms in total. The summed E-state index contributed by atoms with van der Waals surface area (Å²) in [6.07, 6.45) is 2.18. The molecule has 1 aliphatic carbocycles. The molecule has 3 heterocycles. The Hall–Kier alpha value is -4.84. The molecule has 1 saturated carbocycles. The van der Waals surface area contributed by atoms with Crippen LogP contribution in [0.5, 0.6) is 6.01 Å². The SMILES string of the molecule is N#C/N=C(\N1CCCCC1)N1CCN(C(=O)c2ccc(Nc3nc(NC4(c5ccc(Cl)cc5)CC4)nc(OCC(F)(F)F)n3)cc2)CC1. The van der Waals surface area contributed by atoms with Crippen LogP contribution in [0, 0.1) is 11.5 Å². The minimum absolute atomic E-state index is 0.0321. The fourth-order valence-electron chi connectivity index (χ4n) is 5.87. The summed E-state index contributed by atoms with van der Waals surface area (Å²) in [7, 11) is 0. The van der Waals surface area contributed by atoms with Gasteiger partial charge < -0.3 is 30.1 Å². The Kier molecular flexibility index (Phi) is 9.72. The van der Waals surface area contributed by atoms with E-state index in [1.165, 1.54) is 6.42 Å². The average molecular weight is 683 g/mol. The first-order chi connectivity index (χ1) is 23.1. The van der Waals surface area contributed by atoms with Gasteiger partial charge >= 0.3 is 12.2 Å². The van der Waals surface area contributed by atoms with E-state index >= 15 is 0 Å². The molecule has 2 aromatic carbocycles. The quantitative estimate of drug-likeness (QED) is 0.181. The number of amides is 1. The number of nitrogens with zero attached hydrogens (tertiary/aromatic N) is 8. The highest BCUT2D eigenvalue weighted by molar-refractivity contribution is 6.30. The van der Waals surface area contributed by atoms with Crippen LogP contribution in [0.4, 0.5) is 30.8 Å². The van der Waals surface area contributed by atoms with Crippen molar-refractivity contribution in [3.63, 3.8) is 0 Å². The zero-order chi connectivity index (χ0) is 33.7. The number of hydrogen-bond donors (Lipinski definition) is 2. The number of aliphatic imine (C=N–C) groups is 1. The number of halogens is 4. The first kappa shape index (κ1) is 33.1. The molecular weight excluding hydrogens is 649 g/mol. The number of carbonyl (C=O) groups is 1. The van der Waals surface area contributed by atoms with Crippen LogP contribution in [0.2, 0.25) is 5.02 Å². The molecule has 1 amide bonds. The third kappa shape index (κ3) is 8.17. The van der Waals surface area contributed by atoms with Crippen LogP contribution < -0.4 is 15.4 Å². The van der Waals surface area contributed by atoms with Crippen molar-refractivity contribution < 1.29 is 22.7 Å². The third-order valence-corrected chi connectivity index (χ3v) is 8.76. The lowest BCUT2D eigenvalue weighted by molar-refractivity contribution is -0.154. The van der Waals surface area contributed by atoms with Crippen molar-refractivity contribution in [3.8, 4) is 12.2 Å². The monoisotopic (exact) mass is 682 g/mol. The van der Waals surface area contributed by atoms with Crippen molar-refractivity contribution in [1.82, 2.24) is 29.7 Å². The number of nitrogens with one attached hydrogen (secondary N) is 2. The highest BCUT2D eigenvalue weighted by Crippen LogP contribution is 2.48. The standard InChI is InChI=1S/C32H34ClF3N10O2/c33-24-8-6-23(7-9-24)31(12-13-31)43-28-40-27(41-29(42-28)48-20-32(34,35)36)39-25-10-4-22(5-11-25)26(47)44-16-18-46(19-17-44)30(38-21-37)45-14-2-1-3-15-45/h4-11H,1-3,12-20H2,(H2,39,40,41,42,43)/b38-30+. The fraction of sp³-hybridized carbons (Fsp3) is 0.438. The molecule has 0 unspecified atom stereocenters. The molecule has 1 aromatic heterocycles. The van der Waals surface area contributed by atoms with Gasteiger partial charge in [0.25, 0.3) is 5.91 Å². The van der Waals surface area contributed by atoms with E-state index in [4.69, 9.17) is 16.3 Å². The summed E-state index contributed by atoms with van der Waals surface area (Å²) in [5.74, 6) is 0.562. The van der Waals surface area contributed by atoms with E-state index in [-0.39, 0.29) is 17.8 Å². The minimum atomic E-state index is -4.58. The summed E-state index contributed by atoms with van der Waals surface area (Å²) >= 11 is 6.04. The summed E-state index contributed by atoms with van der Waals surface area (Å²) in [5.41, 5.74) is 1.43. The van der Waals surface area contributed by atoms with Gasteiger partial charge in [-0.1, -0.05) is 23.7 Å². The Morgan fingerprint density at radius 1 is 0.896 bits per heavy atom. The number of rotatable bonds is 8. The maximum absolute atomic E-state index is 13.3. The number of carbonyl (C=O) groups excluding carboxylic acids is 1. The molecule has 6 rings (SSSR count). The molecule has 252 valence electrons. The lowest BCUT2D eigenvalue weighted by Gasteiger charge is -2.40. The van der Waals surface area contributed by atoms with E-state index < -0.39 is 24.3 Å². The highest BCUT2D eigenvalue weighted by Gasteiger charge is 2.45. The second-order valence-electron chi connectivity index (χ2n) is 11.9. The fourth-order valence-corrected chi connectivity index (χ4v) is 6.00. The van der Waals surface area contributed by atoms with Crippen LogP contribution in [-0.4, -0.2) is 93.6 Å². The summed E-state index contributed by atoms with van der Waals surface area (Å²) < 4.78 is 43.7. The van der Waals surface area contributed by atoms with Crippen LogP contribution in [0.3, 0.4) is 0 Å². The molecule has 0 spiro atoms. The lowest BCUT2D eigenvalue weighted by atomic mass is 10.1. The Morgan fingerprint density at radius 2 is 1.52 bits per heavy atom. The van der Waals surface area contributed by atoms with E-state index in [0.717, 1.165) is 44.3 Å². The number of ether oxygens (including phenoxy) is 1. The van der Waals surface area contributed by atoms with Gasteiger partial charge in [0.2, 0.25) is 24.0 Å². The number of hydrogen-bond acceptors (Lipinski definition) is 9. The summed E-state index contributed by atoms with van der Waals surface area (Å²) in [4.78, 5) is 35.9. The van der Waals surface area contributed by atoms with Crippen LogP contribution in [-0.2, 0) is 5.54 Å². The molecule has 3 aromatic rings. The van der Waals surface area contributed by atoms with Crippen molar-refractivity contribution in [2.75, 3.05) is 56.5 Å². The normalized spacial score (nSPS) is 17.8. The number of anilines is 3. The number of likely N-dealkylation sites (tertiary alicyclic amines) is 1. The number of benzene rings is 2. The maximum Gasteiger partial charge on any atom is 0.422 e. The van der Waals surface area contributed by atoms with Crippen molar-refractivity contribution in [2.24, 2.45) is 4.99 Å². The van der Waals surface area contributed by atoms with E-state index in [9.17, 15) is 23.2 Å². The minimum Gasteiger partial charge on any atom is -0.454 e. The zero-order valence-corrected chi connectivity index (χ0v) is 26.8. The van der Waals surface area contributed by atoms with E-state index in [0.29, 0.717) is 48.4 Å². The second-order valence-corrected chi connectivity index (χ2v) is 12.4. The van der Waals surface area contributed by atoms with Crippen molar-refractivity contribution in [1.29, 1.82) is 5.26 Å². The van der Waals surface area contributed by atoms with Crippen molar-refractivity contribution in [3.05, 3.63) is 64.7 Å². The number of piperazine rings is 1. The number of alkyl halides is 3. The molecule has 16 heteroatoms. The molecule has 0 atom stereocenters. The van der Waals surface area contributed by atoms with Crippen LogP contribution in [0.15, 0.2) is 53.5 Å². The first-order valence-corrected chi connectivity index (χ1v) is 16.1. The Labute approximate surface area is 280 Å². The van der Waals surface area contributed by atoms with Crippen molar-refractivity contribution >= 4 is 41.1 Å². The molecule has 0 radical (unpaired) electrons. The summed E-state index contributed by atoms with van der Waals surface area (Å²) in [5, 5.41) is 16.1. The van der Waals surface area contributed by atoms with Gasteiger partial charge in [-0.3, -0.25) is 4.79 Å². The van der Waals surface area contributed by atoms with E-state index in [2.05, 4.69) is 40.4 Å². The largest absolute Gasteiger partial charge is 0.454 e.